The van der Waals surface area contributed by atoms with Gasteiger partial charge in [-0.15, -0.1) is 0 Å². The van der Waals surface area contributed by atoms with Gasteiger partial charge in [0.05, 0.1) is 6.54 Å². The van der Waals surface area contributed by atoms with E-state index in [4.69, 9.17) is 0 Å². The Morgan fingerprint density at radius 1 is 1.47 bits per heavy atom. The average molecular weight is 237 g/mol. The Morgan fingerprint density at radius 2 is 2.18 bits per heavy atom. The van der Waals surface area contributed by atoms with Crippen LogP contribution in [0.4, 0.5) is 0 Å². The topological polar surface area (TPSA) is 58.4 Å². The largest absolute Gasteiger partial charge is 0.480 e. The van der Waals surface area contributed by atoms with Gasteiger partial charge < -0.3 is 9.67 Å². The van der Waals surface area contributed by atoms with Crippen molar-refractivity contribution in [1.82, 2.24) is 14.5 Å². The van der Waals surface area contributed by atoms with Crippen LogP contribution in [0.3, 0.4) is 0 Å². The summed E-state index contributed by atoms with van der Waals surface area (Å²) in [5, 5.41) is 9.51. The summed E-state index contributed by atoms with van der Waals surface area (Å²) in [5.41, 5.74) is -0.739. The first kappa shape index (κ1) is 12.1. The maximum atomic E-state index is 11.6. The molecule has 1 aliphatic heterocycles. The molecule has 1 aromatic heterocycles. The first-order chi connectivity index (χ1) is 8.14. The van der Waals surface area contributed by atoms with Crippen molar-refractivity contribution in [2.24, 2.45) is 0 Å². The maximum Gasteiger partial charge on any atom is 0.324 e. The molecule has 5 heteroatoms. The van der Waals surface area contributed by atoms with E-state index in [1.54, 1.807) is 6.20 Å². The molecule has 94 valence electrons. The molecule has 0 amide bonds. The number of carbonyl (C=O) groups is 1. The van der Waals surface area contributed by atoms with Crippen molar-refractivity contribution in [1.29, 1.82) is 0 Å². The number of nitrogens with zero attached hydrogens (tertiary/aromatic N) is 3. The molecule has 0 fully saturated rings. The molecule has 1 aromatic rings. The van der Waals surface area contributed by atoms with E-state index in [1.807, 2.05) is 20.0 Å². The van der Waals surface area contributed by atoms with E-state index in [-0.39, 0.29) is 0 Å². The summed E-state index contributed by atoms with van der Waals surface area (Å²) in [5.74, 6) is 0.242. The lowest BCUT2D eigenvalue weighted by atomic mass is 9.90. The number of carboxylic acid groups (broad SMARTS) is 1. The molecule has 5 nitrogen and oxygen atoms in total. The molecule has 1 aliphatic rings. The predicted octanol–water partition coefficient (Wildman–Crippen LogP) is 1.34. The Balaban J connectivity index is 2.26. The Labute approximate surface area is 101 Å². The van der Waals surface area contributed by atoms with Gasteiger partial charge in [0.25, 0.3) is 0 Å². The van der Waals surface area contributed by atoms with E-state index in [9.17, 15) is 9.90 Å². The highest BCUT2D eigenvalue weighted by molar-refractivity contribution is 5.78. The van der Waals surface area contributed by atoms with Crippen LogP contribution < -0.4 is 0 Å². The number of hydrogen-bond donors (Lipinski definition) is 1. The number of rotatable bonds is 4. The van der Waals surface area contributed by atoms with E-state index < -0.39 is 11.5 Å². The first-order valence-electron chi connectivity index (χ1n) is 6.12. The second kappa shape index (κ2) is 4.49. The quantitative estimate of drug-likeness (QED) is 0.858. The number of imidazole rings is 1. The molecule has 17 heavy (non-hydrogen) atoms. The van der Waals surface area contributed by atoms with Gasteiger partial charge in [-0.1, -0.05) is 13.8 Å². The minimum atomic E-state index is -0.739. The second-order valence-electron chi connectivity index (χ2n) is 4.50. The highest BCUT2D eigenvalue weighted by atomic mass is 16.4. The Bertz CT molecular complexity index is 410. The van der Waals surface area contributed by atoms with E-state index in [0.717, 1.165) is 18.9 Å². The highest BCUT2D eigenvalue weighted by Crippen LogP contribution is 2.28. The van der Waals surface area contributed by atoms with Gasteiger partial charge >= 0.3 is 5.97 Å². The molecular formula is C12H19N3O2. The summed E-state index contributed by atoms with van der Waals surface area (Å²) in [7, 11) is 0. The lowest BCUT2D eigenvalue weighted by Crippen LogP contribution is -2.56. The fourth-order valence-electron chi connectivity index (χ4n) is 2.67. The number of carboxylic acids is 1. The Morgan fingerprint density at radius 3 is 2.76 bits per heavy atom. The minimum absolute atomic E-state index is 0.625. The highest BCUT2D eigenvalue weighted by Gasteiger charge is 2.42. The molecule has 0 bridgehead atoms. The fraction of sp³-hybridized carbons (Fsp3) is 0.667. The summed E-state index contributed by atoms with van der Waals surface area (Å²) >= 11 is 0. The molecule has 2 heterocycles. The van der Waals surface area contributed by atoms with Gasteiger partial charge in [-0.2, -0.15) is 0 Å². The van der Waals surface area contributed by atoms with Crippen molar-refractivity contribution in [3.8, 4) is 0 Å². The van der Waals surface area contributed by atoms with Gasteiger partial charge in [-0.3, -0.25) is 9.69 Å². The normalized spacial score (nSPS) is 16.8. The molecule has 0 radical (unpaired) electrons. The molecule has 0 unspecified atom stereocenters. The SMILES string of the molecule is CCC(CC)(C(=O)O)N1CCn2ccnc2C1. The van der Waals surface area contributed by atoms with E-state index in [1.165, 1.54) is 0 Å². The van der Waals surface area contributed by atoms with Crippen LogP contribution in [0.5, 0.6) is 0 Å². The molecule has 0 aromatic carbocycles. The lowest BCUT2D eigenvalue weighted by molar-refractivity contribution is -0.153. The predicted molar refractivity (Wildman–Crippen MR) is 63.6 cm³/mol. The minimum Gasteiger partial charge on any atom is -0.480 e. The first-order valence-corrected chi connectivity index (χ1v) is 6.12. The third-order valence-corrected chi connectivity index (χ3v) is 3.92. The molecule has 0 spiro atoms. The zero-order valence-electron chi connectivity index (χ0n) is 10.4. The Kier molecular flexibility index (Phi) is 3.19. The molecule has 1 N–H and O–H groups in total. The fourth-order valence-corrected chi connectivity index (χ4v) is 2.67. The monoisotopic (exact) mass is 237 g/mol. The van der Waals surface area contributed by atoms with Crippen LogP contribution in [0.25, 0.3) is 0 Å². The summed E-state index contributed by atoms with van der Waals surface area (Å²) in [6, 6.07) is 0. The van der Waals surface area contributed by atoms with Gasteiger partial charge in [0, 0.05) is 25.5 Å². The smallest absolute Gasteiger partial charge is 0.324 e. The lowest BCUT2D eigenvalue weighted by Gasteiger charge is -2.41. The summed E-state index contributed by atoms with van der Waals surface area (Å²) < 4.78 is 2.09. The van der Waals surface area contributed by atoms with Gasteiger partial charge in [-0.05, 0) is 12.8 Å². The maximum absolute atomic E-state index is 11.6. The number of fused-ring (bicyclic) bond motifs is 1. The van der Waals surface area contributed by atoms with Crippen LogP contribution >= 0.6 is 0 Å². The summed E-state index contributed by atoms with van der Waals surface area (Å²) in [6.45, 7) is 6.11. The van der Waals surface area contributed by atoms with Crippen molar-refractivity contribution in [2.75, 3.05) is 6.54 Å². The second-order valence-corrected chi connectivity index (χ2v) is 4.50. The number of hydrogen-bond acceptors (Lipinski definition) is 3. The zero-order chi connectivity index (χ0) is 12.5. The van der Waals surface area contributed by atoms with Crippen LogP contribution in [0, 0.1) is 0 Å². The van der Waals surface area contributed by atoms with Crippen molar-refractivity contribution < 1.29 is 9.90 Å². The zero-order valence-corrected chi connectivity index (χ0v) is 10.4. The van der Waals surface area contributed by atoms with Crippen LogP contribution in [0.1, 0.15) is 32.5 Å². The molecule has 0 saturated heterocycles. The van der Waals surface area contributed by atoms with Crippen LogP contribution in [-0.2, 0) is 17.9 Å². The third-order valence-electron chi connectivity index (χ3n) is 3.92. The summed E-state index contributed by atoms with van der Waals surface area (Å²) in [6.07, 6.45) is 4.98. The van der Waals surface area contributed by atoms with Crippen molar-refractivity contribution in [3.63, 3.8) is 0 Å². The van der Waals surface area contributed by atoms with E-state index in [0.29, 0.717) is 19.4 Å². The van der Waals surface area contributed by atoms with Crippen molar-refractivity contribution in [2.45, 2.75) is 45.3 Å². The van der Waals surface area contributed by atoms with Gasteiger partial charge in [0.15, 0.2) is 0 Å². The van der Waals surface area contributed by atoms with Crippen molar-refractivity contribution in [3.05, 3.63) is 18.2 Å². The van der Waals surface area contributed by atoms with Crippen LogP contribution in [0.2, 0.25) is 0 Å². The van der Waals surface area contributed by atoms with Gasteiger partial charge in [-0.25, -0.2) is 4.98 Å². The molecule has 0 atom stereocenters. The van der Waals surface area contributed by atoms with Gasteiger partial charge in [0.1, 0.15) is 11.4 Å². The molecular weight excluding hydrogens is 218 g/mol. The number of aliphatic carboxylic acids is 1. The molecule has 0 aliphatic carbocycles. The van der Waals surface area contributed by atoms with E-state index >= 15 is 0 Å². The molecule has 0 saturated carbocycles. The van der Waals surface area contributed by atoms with Gasteiger partial charge in [0.2, 0.25) is 0 Å². The van der Waals surface area contributed by atoms with Crippen molar-refractivity contribution >= 4 is 5.97 Å². The van der Waals surface area contributed by atoms with Crippen LogP contribution in [0.15, 0.2) is 12.4 Å². The Hall–Kier alpha value is -1.36. The van der Waals surface area contributed by atoms with E-state index in [2.05, 4.69) is 14.5 Å². The molecule has 2 rings (SSSR count). The summed E-state index contributed by atoms with van der Waals surface area (Å²) in [4.78, 5) is 17.9. The third kappa shape index (κ3) is 1.84. The number of aromatic nitrogens is 2. The standard InChI is InChI=1S/C12H19N3O2/c1-3-12(4-2,11(16)17)15-8-7-14-6-5-13-10(14)9-15/h5-6H,3-4,7-9H2,1-2H3,(H,16,17). The average Bonchev–Trinajstić information content (AvgIpc) is 2.78. The van der Waals surface area contributed by atoms with Crippen LogP contribution in [-0.4, -0.2) is 37.6 Å².